The first kappa shape index (κ1) is 14.4. The van der Waals surface area contributed by atoms with E-state index < -0.39 is 18.2 Å². The van der Waals surface area contributed by atoms with Crippen molar-refractivity contribution in [1.29, 1.82) is 0 Å². The van der Waals surface area contributed by atoms with Gasteiger partial charge < -0.3 is 14.2 Å². The molecular formula is C11H16O5. The number of esters is 2. The quantitative estimate of drug-likeness (QED) is 0.283. The zero-order valence-electron chi connectivity index (χ0n) is 9.52. The number of ether oxygens (including phenoxy) is 3. The first-order chi connectivity index (χ1) is 7.47. The molecule has 0 fully saturated rings. The van der Waals surface area contributed by atoms with Crippen molar-refractivity contribution in [3.8, 4) is 0 Å². The first-order valence-electron chi connectivity index (χ1n) is 4.74. The molecule has 0 radical (unpaired) electrons. The summed E-state index contributed by atoms with van der Waals surface area (Å²) in [6, 6.07) is 0. The van der Waals surface area contributed by atoms with Crippen LogP contribution >= 0.6 is 0 Å². The van der Waals surface area contributed by atoms with E-state index in [1.807, 2.05) is 0 Å². The van der Waals surface area contributed by atoms with Crippen LogP contribution in [0.4, 0.5) is 0 Å². The molecule has 0 N–H and O–H groups in total. The van der Waals surface area contributed by atoms with Gasteiger partial charge in [-0.2, -0.15) is 0 Å². The minimum Gasteiger partial charge on any atom is -0.460 e. The maximum atomic E-state index is 11.0. The summed E-state index contributed by atoms with van der Waals surface area (Å²) in [4.78, 5) is 21.7. The largest absolute Gasteiger partial charge is 0.460 e. The summed E-state index contributed by atoms with van der Waals surface area (Å²) in [5, 5.41) is 0. The lowest BCUT2D eigenvalue weighted by atomic mass is 10.4. The molecule has 0 heterocycles. The molecule has 0 aromatic carbocycles. The van der Waals surface area contributed by atoms with Gasteiger partial charge in [-0.1, -0.05) is 13.2 Å². The third kappa shape index (κ3) is 6.78. The Morgan fingerprint density at radius 1 is 1.38 bits per heavy atom. The summed E-state index contributed by atoms with van der Waals surface area (Å²) in [5.74, 6) is -1.04. The van der Waals surface area contributed by atoms with E-state index in [0.717, 1.165) is 6.08 Å². The molecule has 0 rings (SSSR count). The maximum Gasteiger partial charge on any atom is 0.335 e. The molecular weight excluding hydrogens is 212 g/mol. The third-order valence-electron chi connectivity index (χ3n) is 1.47. The zero-order valence-corrected chi connectivity index (χ0v) is 9.52. The van der Waals surface area contributed by atoms with Crippen molar-refractivity contribution in [2.45, 2.75) is 20.1 Å². The highest BCUT2D eigenvalue weighted by Gasteiger charge is 2.09. The van der Waals surface area contributed by atoms with E-state index in [1.165, 1.54) is 0 Å². The Bertz CT molecular complexity index is 282. The second kappa shape index (κ2) is 7.64. The number of carbonyl (C=O) groups excluding carboxylic acids is 2. The van der Waals surface area contributed by atoms with Crippen LogP contribution in [-0.4, -0.2) is 31.4 Å². The van der Waals surface area contributed by atoms with Gasteiger partial charge in [0.15, 0.2) is 0 Å². The highest BCUT2D eigenvalue weighted by atomic mass is 16.7. The molecule has 5 nitrogen and oxygen atoms in total. The molecule has 1 atom stereocenters. The summed E-state index contributed by atoms with van der Waals surface area (Å²) in [5.41, 5.74) is 0.300. The molecule has 0 aliphatic heterocycles. The Balaban J connectivity index is 3.62. The van der Waals surface area contributed by atoms with Gasteiger partial charge >= 0.3 is 11.9 Å². The minimum atomic E-state index is -0.702. The SMILES string of the molecule is C=CC(=O)OCCOC(C)OC(=O)C(=C)C. The Kier molecular flexibility index (Phi) is 6.87. The van der Waals surface area contributed by atoms with Gasteiger partial charge in [-0.05, 0) is 13.8 Å². The van der Waals surface area contributed by atoms with E-state index in [4.69, 9.17) is 9.47 Å². The van der Waals surface area contributed by atoms with Gasteiger partial charge in [0.05, 0.1) is 6.61 Å². The first-order valence-corrected chi connectivity index (χ1v) is 4.74. The van der Waals surface area contributed by atoms with Crippen LogP contribution in [0.3, 0.4) is 0 Å². The molecule has 0 aliphatic carbocycles. The predicted molar refractivity (Wildman–Crippen MR) is 57.5 cm³/mol. The Morgan fingerprint density at radius 2 is 2.00 bits per heavy atom. The molecule has 0 aliphatic rings. The van der Waals surface area contributed by atoms with Crippen LogP contribution in [0.15, 0.2) is 24.8 Å². The second-order valence-electron chi connectivity index (χ2n) is 3.00. The summed E-state index contributed by atoms with van der Waals surface area (Å²) >= 11 is 0. The normalized spacial score (nSPS) is 11.4. The Morgan fingerprint density at radius 3 is 2.50 bits per heavy atom. The highest BCUT2D eigenvalue weighted by Crippen LogP contribution is 1.99. The summed E-state index contributed by atoms with van der Waals surface area (Å²) < 4.78 is 14.5. The number of carbonyl (C=O) groups is 2. The van der Waals surface area contributed by atoms with E-state index in [0.29, 0.717) is 5.57 Å². The smallest absolute Gasteiger partial charge is 0.335 e. The molecule has 0 aromatic rings. The van der Waals surface area contributed by atoms with Crippen molar-refractivity contribution in [2.75, 3.05) is 13.2 Å². The lowest BCUT2D eigenvalue weighted by Gasteiger charge is -2.13. The standard InChI is InChI=1S/C11H16O5/c1-5-10(12)15-7-6-14-9(4)16-11(13)8(2)3/h5,9H,1-2,6-7H2,3-4H3. The molecule has 0 amide bonds. The summed E-state index contributed by atoms with van der Waals surface area (Å²) in [6.07, 6.45) is 0.358. The van der Waals surface area contributed by atoms with E-state index >= 15 is 0 Å². The maximum absolute atomic E-state index is 11.0. The topological polar surface area (TPSA) is 61.8 Å². The van der Waals surface area contributed by atoms with Gasteiger partial charge in [0, 0.05) is 11.6 Å². The van der Waals surface area contributed by atoms with Crippen molar-refractivity contribution in [1.82, 2.24) is 0 Å². The second-order valence-corrected chi connectivity index (χ2v) is 3.00. The summed E-state index contributed by atoms with van der Waals surface area (Å²) in [6.45, 7) is 10.0. The van der Waals surface area contributed by atoms with E-state index in [2.05, 4.69) is 17.9 Å². The molecule has 0 saturated carbocycles. The third-order valence-corrected chi connectivity index (χ3v) is 1.47. The van der Waals surface area contributed by atoms with E-state index in [9.17, 15) is 9.59 Å². The van der Waals surface area contributed by atoms with Crippen LogP contribution in [0, 0.1) is 0 Å². The average molecular weight is 228 g/mol. The van der Waals surface area contributed by atoms with Crippen LogP contribution in [0.1, 0.15) is 13.8 Å². The molecule has 0 aromatic heterocycles. The van der Waals surface area contributed by atoms with Crippen molar-refractivity contribution >= 4 is 11.9 Å². The lowest BCUT2D eigenvalue weighted by Crippen LogP contribution is -2.21. The van der Waals surface area contributed by atoms with Gasteiger partial charge in [0.1, 0.15) is 6.61 Å². The van der Waals surface area contributed by atoms with Gasteiger partial charge in [0.2, 0.25) is 6.29 Å². The Hall–Kier alpha value is -1.62. The van der Waals surface area contributed by atoms with Crippen molar-refractivity contribution in [3.05, 3.63) is 24.8 Å². The highest BCUT2D eigenvalue weighted by molar-refractivity contribution is 5.86. The van der Waals surface area contributed by atoms with E-state index in [1.54, 1.807) is 13.8 Å². The Labute approximate surface area is 94.7 Å². The van der Waals surface area contributed by atoms with Gasteiger partial charge in [0.25, 0.3) is 0 Å². The minimum absolute atomic E-state index is 0.0832. The average Bonchev–Trinajstić information content (AvgIpc) is 2.23. The van der Waals surface area contributed by atoms with Gasteiger partial charge in [-0.25, -0.2) is 9.59 Å². The molecule has 5 heteroatoms. The number of hydrogen-bond donors (Lipinski definition) is 0. The van der Waals surface area contributed by atoms with Crippen molar-refractivity contribution < 1.29 is 23.8 Å². The van der Waals surface area contributed by atoms with E-state index in [-0.39, 0.29) is 13.2 Å². The zero-order chi connectivity index (χ0) is 12.6. The molecule has 90 valence electrons. The molecule has 1 unspecified atom stereocenters. The fraction of sp³-hybridized carbons (Fsp3) is 0.455. The van der Waals surface area contributed by atoms with Crippen molar-refractivity contribution in [3.63, 3.8) is 0 Å². The fourth-order valence-electron chi connectivity index (χ4n) is 0.701. The molecule has 0 spiro atoms. The molecule has 0 bridgehead atoms. The van der Waals surface area contributed by atoms with Crippen LogP contribution in [0.5, 0.6) is 0 Å². The van der Waals surface area contributed by atoms with Crippen LogP contribution in [0.2, 0.25) is 0 Å². The molecule has 0 saturated heterocycles. The van der Waals surface area contributed by atoms with Gasteiger partial charge in [-0.15, -0.1) is 0 Å². The number of rotatable bonds is 7. The fourth-order valence-corrected chi connectivity index (χ4v) is 0.701. The summed E-state index contributed by atoms with van der Waals surface area (Å²) in [7, 11) is 0. The monoisotopic (exact) mass is 228 g/mol. The van der Waals surface area contributed by atoms with Crippen LogP contribution in [0.25, 0.3) is 0 Å². The van der Waals surface area contributed by atoms with Crippen LogP contribution in [-0.2, 0) is 23.8 Å². The van der Waals surface area contributed by atoms with Crippen LogP contribution < -0.4 is 0 Å². The number of hydrogen-bond acceptors (Lipinski definition) is 5. The van der Waals surface area contributed by atoms with Gasteiger partial charge in [-0.3, -0.25) is 0 Å². The lowest BCUT2D eigenvalue weighted by molar-refractivity contribution is -0.173. The molecule has 16 heavy (non-hydrogen) atoms. The van der Waals surface area contributed by atoms with Crippen molar-refractivity contribution in [2.24, 2.45) is 0 Å². The predicted octanol–water partition coefficient (Wildman–Crippen LogP) is 1.20.